The van der Waals surface area contributed by atoms with Crippen LogP contribution in [0.3, 0.4) is 0 Å². The first-order chi connectivity index (χ1) is 16.3. The second kappa shape index (κ2) is 8.36. The van der Waals surface area contributed by atoms with Gasteiger partial charge in [0.1, 0.15) is 16.3 Å². The molecule has 0 fully saturated rings. The Balaban J connectivity index is 1.74. The van der Waals surface area contributed by atoms with Gasteiger partial charge in [-0.25, -0.2) is 0 Å². The van der Waals surface area contributed by atoms with Crippen molar-refractivity contribution in [3.63, 3.8) is 0 Å². The van der Waals surface area contributed by atoms with Gasteiger partial charge in [0.2, 0.25) is 10.9 Å². The standard InChI is InChI=1S/C26H25N3O4S/c1-13(2)10-20-27-28-26(34-20)29-22(16-6-8-17(32-5)9-7-16)21-23(30)18-11-14(3)15(4)12-19(18)33-24(21)25(29)31/h6-9,11-13,22H,10H2,1-5H3/t22-/m1/s1. The smallest absolute Gasteiger partial charge is 0.297 e. The lowest BCUT2D eigenvalue weighted by Gasteiger charge is -2.22. The fourth-order valence-corrected chi connectivity index (χ4v) is 5.38. The van der Waals surface area contributed by atoms with Crippen molar-refractivity contribution < 1.29 is 13.9 Å². The molecule has 1 atom stereocenters. The summed E-state index contributed by atoms with van der Waals surface area (Å²) >= 11 is 1.37. The molecule has 0 radical (unpaired) electrons. The predicted molar refractivity (Wildman–Crippen MR) is 132 cm³/mol. The maximum Gasteiger partial charge on any atom is 0.297 e. The lowest BCUT2D eigenvalue weighted by Crippen LogP contribution is -2.29. The van der Waals surface area contributed by atoms with Crippen LogP contribution in [0.5, 0.6) is 5.75 Å². The van der Waals surface area contributed by atoms with Crippen LogP contribution in [0.15, 0.2) is 45.6 Å². The van der Waals surface area contributed by atoms with E-state index in [1.807, 2.05) is 50.2 Å². The van der Waals surface area contributed by atoms with Gasteiger partial charge in [-0.3, -0.25) is 14.5 Å². The van der Waals surface area contributed by atoms with Gasteiger partial charge in [-0.2, -0.15) is 0 Å². The average molecular weight is 476 g/mol. The molecule has 0 unspecified atom stereocenters. The van der Waals surface area contributed by atoms with Crippen molar-refractivity contribution in [2.45, 2.75) is 40.2 Å². The lowest BCUT2D eigenvalue weighted by molar-refractivity contribution is 0.0970. The highest BCUT2D eigenvalue weighted by molar-refractivity contribution is 7.15. The van der Waals surface area contributed by atoms with Crippen LogP contribution in [-0.2, 0) is 6.42 Å². The van der Waals surface area contributed by atoms with Gasteiger partial charge >= 0.3 is 0 Å². The summed E-state index contributed by atoms with van der Waals surface area (Å²) in [5.41, 5.74) is 3.28. The fraction of sp³-hybridized carbons (Fsp3) is 0.308. The van der Waals surface area contributed by atoms with Crippen LogP contribution >= 0.6 is 11.3 Å². The van der Waals surface area contributed by atoms with Gasteiger partial charge < -0.3 is 9.15 Å². The fourth-order valence-electron chi connectivity index (χ4n) is 4.30. The van der Waals surface area contributed by atoms with E-state index in [9.17, 15) is 9.59 Å². The summed E-state index contributed by atoms with van der Waals surface area (Å²) in [4.78, 5) is 29.0. The SMILES string of the molecule is COc1ccc([C@@H]2c3c(oc4cc(C)c(C)cc4c3=O)C(=O)N2c2nnc(CC(C)C)s2)cc1. The predicted octanol–water partition coefficient (Wildman–Crippen LogP) is 5.22. The van der Waals surface area contributed by atoms with Crippen LogP contribution in [0.2, 0.25) is 0 Å². The van der Waals surface area contributed by atoms with Crippen LogP contribution in [0, 0.1) is 19.8 Å². The zero-order valence-electron chi connectivity index (χ0n) is 19.7. The summed E-state index contributed by atoms with van der Waals surface area (Å²) in [6, 6.07) is 10.3. The minimum atomic E-state index is -0.671. The minimum Gasteiger partial charge on any atom is -0.497 e. The molecule has 0 saturated heterocycles. The molecule has 0 N–H and O–H groups in total. The van der Waals surface area contributed by atoms with Gasteiger partial charge in [0.15, 0.2) is 5.43 Å². The highest BCUT2D eigenvalue weighted by Crippen LogP contribution is 2.42. The second-order valence-electron chi connectivity index (χ2n) is 9.03. The molecule has 1 amide bonds. The van der Waals surface area contributed by atoms with Crippen LogP contribution in [0.25, 0.3) is 11.0 Å². The van der Waals surface area contributed by atoms with Crippen molar-refractivity contribution >= 4 is 33.3 Å². The van der Waals surface area contributed by atoms with Crippen LogP contribution < -0.4 is 15.1 Å². The van der Waals surface area contributed by atoms with Gasteiger partial charge in [-0.05, 0) is 60.7 Å². The Hall–Kier alpha value is -3.52. The van der Waals surface area contributed by atoms with Gasteiger partial charge in [-0.1, -0.05) is 37.3 Å². The molecule has 0 bridgehead atoms. The van der Waals surface area contributed by atoms with E-state index < -0.39 is 6.04 Å². The number of nitrogens with zero attached hydrogens (tertiary/aromatic N) is 3. The Labute approximate surface area is 201 Å². The number of carbonyl (C=O) groups excluding carboxylic acids is 1. The average Bonchev–Trinajstić information content (AvgIpc) is 3.37. The maximum atomic E-state index is 13.8. The molecule has 0 spiro atoms. The van der Waals surface area contributed by atoms with E-state index in [0.29, 0.717) is 33.3 Å². The largest absolute Gasteiger partial charge is 0.497 e. The molecule has 0 saturated carbocycles. The van der Waals surface area contributed by atoms with Crippen LogP contribution in [0.4, 0.5) is 5.13 Å². The molecule has 3 heterocycles. The number of aryl methyl sites for hydroxylation is 2. The molecule has 4 aromatic rings. The first kappa shape index (κ1) is 22.3. The third-order valence-electron chi connectivity index (χ3n) is 6.16. The Morgan fingerprint density at radius 2 is 1.79 bits per heavy atom. The third-order valence-corrected chi connectivity index (χ3v) is 7.11. The monoisotopic (exact) mass is 475 g/mol. The summed E-state index contributed by atoms with van der Waals surface area (Å²) < 4.78 is 11.4. The van der Waals surface area contributed by atoms with Crippen molar-refractivity contribution in [2.24, 2.45) is 5.92 Å². The number of hydrogen-bond donors (Lipinski definition) is 0. The van der Waals surface area contributed by atoms with E-state index in [0.717, 1.165) is 28.1 Å². The third kappa shape index (κ3) is 3.58. The summed E-state index contributed by atoms with van der Waals surface area (Å²) in [5.74, 6) is 0.763. The number of ether oxygens (including phenoxy) is 1. The molecule has 8 heteroatoms. The molecular formula is C26H25N3O4S. The Kier molecular flexibility index (Phi) is 5.48. The second-order valence-corrected chi connectivity index (χ2v) is 10.1. The molecule has 0 aliphatic carbocycles. The number of aromatic nitrogens is 2. The Morgan fingerprint density at radius 3 is 2.47 bits per heavy atom. The molecule has 1 aliphatic rings. The molecule has 7 nitrogen and oxygen atoms in total. The number of carbonyl (C=O) groups is 1. The van der Waals surface area contributed by atoms with Crippen LogP contribution in [0.1, 0.15) is 57.7 Å². The number of rotatable bonds is 5. The number of methoxy groups -OCH3 is 1. The Morgan fingerprint density at radius 1 is 1.09 bits per heavy atom. The van der Waals surface area contributed by atoms with Gasteiger partial charge in [0.25, 0.3) is 5.91 Å². The van der Waals surface area contributed by atoms with Crippen molar-refractivity contribution in [2.75, 3.05) is 12.0 Å². The molecular weight excluding hydrogens is 450 g/mol. The molecule has 2 aromatic carbocycles. The van der Waals surface area contributed by atoms with Crippen molar-refractivity contribution in [3.8, 4) is 5.75 Å². The molecule has 2 aromatic heterocycles. The summed E-state index contributed by atoms with van der Waals surface area (Å²) in [7, 11) is 1.60. The quantitative estimate of drug-likeness (QED) is 0.393. The van der Waals surface area contributed by atoms with E-state index in [4.69, 9.17) is 9.15 Å². The van der Waals surface area contributed by atoms with Gasteiger partial charge in [0, 0.05) is 6.42 Å². The number of hydrogen-bond acceptors (Lipinski definition) is 7. The topological polar surface area (TPSA) is 85.5 Å². The van der Waals surface area contributed by atoms with Crippen molar-refractivity contribution in [1.29, 1.82) is 0 Å². The van der Waals surface area contributed by atoms with Gasteiger partial charge in [-0.15, -0.1) is 10.2 Å². The first-order valence-corrected chi connectivity index (χ1v) is 12.0. The van der Waals surface area contributed by atoms with Crippen molar-refractivity contribution in [3.05, 3.63) is 79.6 Å². The number of amides is 1. The van der Waals surface area contributed by atoms with E-state index in [2.05, 4.69) is 24.0 Å². The van der Waals surface area contributed by atoms with Crippen molar-refractivity contribution in [1.82, 2.24) is 10.2 Å². The van der Waals surface area contributed by atoms with E-state index in [1.54, 1.807) is 7.11 Å². The van der Waals surface area contributed by atoms with E-state index in [1.165, 1.54) is 16.2 Å². The molecule has 34 heavy (non-hydrogen) atoms. The molecule has 5 rings (SSSR count). The molecule has 1 aliphatic heterocycles. The zero-order chi connectivity index (χ0) is 24.1. The van der Waals surface area contributed by atoms with E-state index in [-0.39, 0.29) is 17.1 Å². The molecule has 174 valence electrons. The minimum absolute atomic E-state index is 0.0576. The summed E-state index contributed by atoms with van der Waals surface area (Å²) in [6.45, 7) is 8.12. The Bertz CT molecular complexity index is 1470. The van der Waals surface area contributed by atoms with E-state index >= 15 is 0 Å². The summed E-state index contributed by atoms with van der Waals surface area (Å²) in [5, 5.41) is 10.4. The zero-order valence-corrected chi connectivity index (χ0v) is 20.5. The van der Waals surface area contributed by atoms with Crippen LogP contribution in [-0.4, -0.2) is 23.2 Å². The highest BCUT2D eigenvalue weighted by Gasteiger charge is 2.45. The highest BCUT2D eigenvalue weighted by atomic mass is 32.1. The number of anilines is 1. The lowest BCUT2D eigenvalue weighted by atomic mass is 9.97. The normalized spacial score (nSPS) is 15.4. The number of benzene rings is 2. The van der Waals surface area contributed by atoms with Gasteiger partial charge in [0.05, 0.1) is 24.1 Å². The maximum absolute atomic E-state index is 13.8. The number of fused-ring (bicyclic) bond motifs is 2. The summed E-state index contributed by atoms with van der Waals surface area (Å²) in [6.07, 6.45) is 0.763. The first-order valence-electron chi connectivity index (χ1n) is 11.2.